The smallest absolute Gasteiger partial charge is 0.0871 e. The molecule has 1 N–H and O–H groups in total. The number of halogens is 1. The summed E-state index contributed by atoms with van der Waals surface area (Å²) in [6.07, 6.45) is 0.800. The van der Waals surface area contributed by atoms with Gasteiger partial charge in [0.05, 0.1) is 17.6 Å². The monoisotopic (exact) mass is 251 g/mol. The van der Waals surface area contributed by atoms with Gasteiger partial charge in [-0.25, -0.2) is 0 Å². The Balaban J connectivity index is 2.35. The molecule has 1 fully saturated rings. The van der Waals surface area contributed by atoms with Crippen molar-refractivity contribution >= 4 is 15.9 Å². The third-order valence-electron chi connectivity index (χ3n) is 2.76. The van der Waals surface area contributed by atoms with Crippen LogP contribution in [-0.4, -0.2) is 11.2 Å². The van der Waals surface area contributed by atoms with Gasteiger partial charge in [-0.3, -0.25) is 0 Å². The molecule has 72 valence electrons. The van der Waals surface area contributed by atoms with Crippen LogP contribution in [-0.2, 0) is 5.41 Å². The number of hydrogen-bond acceptors (Lipinski definition) is 2. The van der Waals surface area contributed by atoms with E-state index < -0.39 is 5.41 Å². The molecule has 14 heavy (non-hydrogen) atoms. The quantitative estimate of drug-likeness (QED) is 0.833. The molecule has 0 spiro atoms. The highest BCUT2D eigenvalue weighted by molar-refractivity contribution is 9.10. The van der Waals surface area contributed by atoms with Crippen molar-refractivity contribution < 1.29 is 5.11 Å². The minimum atomic E-state index is -0.455. The van der Waals surface area contributed by atoms with Crippen LogP contribution in [0, 0.1) is 11.3 Å². The van der Waals surface area contributed by atoms with E-state index in [1.807, 2.05) is 24.3 Å². The molecule has 2 nitrogen and oxygen atoms in total. The van der Waals surface area contributed by atoms with Gasteiger partial charge >= 0.3 is 0 Å². The van der Waals surface area contributed by atoms with Gasteiger partial charge in [0.2, 0.25) is 0 Å². The lowest BCUT2D eigenvalue weighted by atomic mass is 9.64. The second-order valence-corrected chi connectivity index (χ2v) is 4.68. The third-order valence-corrected chi connectivity index (χ3v) is 3.25. The molecule has 0 radical (unpaired) electrons. The van der Waals surface area contributed by atoms with Crippen LogP contribution in [0.1, 0.15) is 18.4 Å². The fraction of sp³-hybridized carbons (Fsp3) is 0.364. The van der Waals surface area contributed by atoms with Crippen molar-refractivity contribution in [3.63, 3.8) is 0 Å². The van der Waals surface area contributed by atoms with Crippen LogP contribution in [0.3, 0.4) is 0 Å². The summed E-state index contributed by atoms with van der Waals surface area (Å²) in [5.74, 6) is 0. The molecule has 0 atom stereocenters. The number of rotatable bonds is 1. The molecule has 0 saturated heterocycles. The Hall–Kier alpha value is -0.850. The average molecular weight is 252 g/mol. The van der Waals surface area contributed by atoms with E-state index in [0.29, 0.717) is 12.8 Å². The zero-order valence-corrected chi connectivity index (χ0v) is 9.16. The molecule has 0 aliphatic heterocycles. The largest absolute Gasteiger partial charge is 0.393 e. The van der Waals surface area contributed by atoms with E-state index in [4.69, 9.17) is 5.26 Å². The summed E-state index contributed by atoms with van der Waals surface area (Å²) < 4.78 is 0.978. The highest BCUT2D eigenvalue weighted by Gasteiger charge is 2.45. The minimum absolute atomic E-state index is 0.311. The van der Waals surface area contributed by atoms with E-state index >= 15 is 0 Å². The van der Waals surface area contributed by atoms with Gasteiger partial charge in [-0.05, 0) is 30.5 Å². The number of aliphatic hydroxyl groups excluding tert-OH is 1. The SMILES string of the molecule is N#CC1(c2cccc(Br)c2)CC(O)C1. The van der Waals surface area contributed by atoms with E-state index in [0.717, 1.165) is 10.0 Å². The third kappa shape index (κ3) is 1.45. The zero-order valence-electron chi connectivity index (χ0n) is 7.57. The van der Waals surface area contributed by atoms with Crippen molar-refractivity contribution in [2.24, 2.45) is 0 Å². The summed E-state index contributed by atoms with van der Waals surface area (Å²) in [5.41, 5.74) is 0.545. The molecule has 1 aliphatic rings. The maximum Gasteiger partial charge on any atom is 0.0871 e. The molecule has 0 bridgehead atoms. The van der Waals surface area contributed by atoms with Crippen LogP contribution < -0.4 is 0 Å². The van der Waals surface area contributed by atoms with Gasteiger partial charge in [0.1, 0.15) is 0 Å². The lowest BCUT2D eigenvalue weighted by Gasteiger charge is -2.40. The van der Waals surface area contributed by atoms with Crippen LogP contribution in [0.25, 0.3) is 0 Å². The van der Waals surface area contributed by atoms with Crippen LogP contribution >= 0.6 is 15.9 Å². The van der Waals surface area contributed by atoms with E-state index in [2.05, 4.69) is 22.0 Å². The molecule has 1 aromatic rings. The first kappa shape index (κ1) is 9.70. The van der Waals surface area contributed by atoms with E-state index in [1.54, 1.807) is 0 Å². The lowest BCUT2D eigenvalue weighted by molar-refractivity contribution is 0.0447. The van der Waals surface area contributed by atoms with Crippen LogP contribution in [0.5, 0.6) is 0 Å². The van der Waals surface area contributed by atoms with Crippen molar-refractivity contribution in [2.75, 3.05) is 0 Å². The van der Waals surface area contributed by atoms with Gasteiger partial charge in [-0.15, -0.1) is 0 Å². The summed E-state index contributed by atoms with van der Waals surface area (Å²) in [7, 11) is 0. The van der Waals surface area contributed by atoms with Gasteiger partial charge in [0.15, 0.2) is 0 Å². The van der Waals surface area contributed by atoms with Crippen molar-refractivity contribution in [3.05, 3.63) is 34.3 Å². The molecule has 1 saturated carbocycles. The molecule has 0 aromatic heterocycles. The predicted octanol–water partition coefficient (Wildman–Crippen LogP) is 2.37. The molecule has 3 heteroatoms. The van der Waals surface area contributed by atoms with Crippen LogP contribution in [0.2, 0.25) is 0 Å². The fourth-order valence-electron chi connectivity index (χ4n) is 1.92. The maximum atomic E-state index is 9.28. The normalized spacial score (nSPS) is 30.5. The molecule has 0 amide bonds. The van der Waals surface area contributed by atoms with Gasteiger partial charge in [-0.2, -0.15) is 5.26 Å². The van der Waals surface area contributed by atoms with E-state index in [1.165, 1.54) is 0 Å². The molecular weight excluding hydrogens is 242 g/mol. The standard InChI is InChI=1S/C11H10BrNO/c12-9-3-1-2-8(4-9)11(7-13)5-10(14)6-11/h1-4,10,14H,5-6H2. The fourth-order valence-corrected chi connectivity index (χ4v) is 2.32. The van der Waals surface area contributed by atoms with Gasteiger partial charge in [-0.1, -0.05) is 28.1 Å². The lowest BCUT2D eigenvalue weighted by Crippen LogP contribution is -2.43. The Morgan fingerprint density at radius 2 is 2.21 bits per heavy atom. The molecule has 0 heterocycles. The first-order valence-electron chi connectivity index (χ1n) is 4.52. The van der Waals surface area contributed by atoms with Gasteiger partial charge in [0.25, 0.3) is 0 Å². The summed E-state index contributed by atoms with van der Waals surface area (Å²) in [5, 5.41) is 18.4. The van der Waals surface area contributed by atoms with Crippen molar-refractivity contribution in [3.8, 4) is 6.07 Å². The minimum Gasteiger partial charge on any atom is -0.393 e. The molecular formula is C11H10BrNO. The van der Waals surface area contributed by atoms with Gasteiger partial charge in [0, 0.05) is 4.47 Å². The molecule has 1 aromatic carbocycles. The summed E-state index contributed by atoms with van der Waals surface area (Å²) >= 11 is 3.38. The summed E-state index contributed by atoms with van der Waals surface area (Å²) in [6, 6.07) is 10.1. The summed E-state index contributed by atoms with van der Waals surface area (Å²) in [4.78, 5) is 0. The number of nitriles is 1. The maximum absolute atomic E-state index is 9.28. The van der Waals surface area contributed by atoms with Gasteiger partial charge < -0.3 is 5.11 Å². The highest BCUT2D eigenvalue weighted by atomic mass is 79.9. The highest BCUT2D eigenvalue weighted by Crippen LogP contribution is 2.43. The van der Waals surface area contributed by atoms with Crippen molar-refractivity contribution in [2.45, 2.75) is 24.4 Å². The molecule has 0 unspecified atom stereocenters. The predicted molar refractivity (Wildman–Crippen MR) is 56.7 cm³/mol. The molecule has 2 rings (SSSR count). The number of aliphatic hydroxyl groups is 1. The Labute approximate surface area is 91.3 Å². The Morgan fingerprint density at radius 3 is 2.71 bits per heavy atom. The Bertz CT molecular complexity index is 391. The number of benzene rings is 1. The second-order valence-electron chi connectivity index (χ2n) is 3.77. The topological polar surface area (TPSA) is 44.0 Å². The van der Waals surface area contributed by atoms with E-state index in [9.17, 15) is 5.11 Å². The van der Waals surface area contributed by atoms with Crippen molar-refractivity contribution in [1.29, 1.82) is 5.26 Å². The average Bonchev–Trinajstić information content (AvgIpc) is 2.12. The zero-order chi connectivity index (χ0) is 10.2. The van der Waals surface area contributed by atoms with E-state index in [-0.39, 0.29) is 6.10 Å². The number of hydrogen-bond donors (Lipinski definition) is 1. The number of nitrogens with zero attached hydrogens (tertiary/aromatic N) is 1. The molecule has 1 aliphatic carbocycles. The Kier molecular flexibility index (Phi) is 2.34. The van der Waals surface area contributed by atoms with Crippen LogP contribution in [0.4, 0.5) is 0 Å². The van der Waals surface area contributed by atoms with Crippen molar-refractivity contribution in [1.82, 2.24) is 0 Å². The Morgan fingerprint density at radius 1 is 1.50 bits per heavy atom. The van der Waals surface area contributed by atoms with Crippen LogP contribution in [0.15, 0.2) is 28.7 Å². The second kappa shape index (κ2) is 3.38. The summed E-state index contributed by atoms with van der Waals surface area (Å²) in [6.45, 7) is 0. The first-order valence-corrected chi connectivity index (χ1v) is 5.31. The first-order chi connectivity index (χ1) is 6.66.